The lowest BCUT2D eigenvalue weighted by molar-refractivity contribution is -0.133. The van der Waals surface area contributed by atoms with Gasteiger partial charge in [0.25, 0.3) is 11.8 Å². The second-order valence-corrected chi connectivity index (χ2v) is 9.08. The number of hydrogen-bond donors (Lipinski definition) is 5. The lowest BCUT2D eigenvalue weighted by Gasteiger charge is -2.30. The molecule has 2 atom stereocenters. The number of amides is 3. The smallest absolute Gasteiger partial charge is 0.268 e. The summed E-state index contributed by atoms with van der Waals surface area (Å²) < 4.78 is 0. The number of anilines is 1. The molecule has 0 saturated heterocycles. The van der Waals surface area contributed by atoms with Crippen molar-refractivity contribution in [1.82, 2.24) is 15.7 Å². The van der Waals surface area contributed by atoms with Crippen molar-refractivity contribution in [2.24, 2.45) is 0 Å². The molecular weight excluding hydrogens is 448 g/mol. The summed E-state index contributed by atoms with van der Waals surface area (Å²) in [5.74, 6) is -1.49. The monoisotopic (exact) mass is 482 g/mol. The van der Waals surface area contributed by atoms with E-state index in [-0.39, 0.29) is 5.91 Å². The number of aliphatic hydroxyl groups excluding tert-OH is 1. The average molecular weight is 483 g/mol. The first-order valence-electron chi connectivity index (χ1n) is 11.9. The van der Waals surface area contributed by atoms with Crippen LogP contribution in [0.1, 0.15) is 49.4 Å². The minimum absolute atomic E-state index is 0.0356. The maximum atomic E-state index is 12.5. The van der Waals surface area contributed by atoms with Crippen molar-refractivity contribution in [2.75, 3.05) is 18.9 Å². The Bertz CT molecular complexity index is 1000. The van der Waals surface area contributed by atoms with Gasteiger partial charge in [0.2, 0.25) is 5.91 Å². The molecular formula is C26H34N4O5. The average Bonchev–Trinajstić information content (AvgIpc) is 2.87. The number of nitrogens with one attached hydrogen (secondary N) is 3. The first kappa shape index (κ1) is 26.3. The minimum Gasteiger partial charge on any atom is -0.391 e. The van der Waals surface area contributed by atoms with E-state index in [0.29, 0.717) is 18.2 Å². The Balaban J connectivity index is 1.56. The Morgan fingerprint density at radius 1 is 0.971 bits per heavy atom. The van der Waals surface area contributed by atoms with Gasteiger partial charge in [-0.3, -0.25) is 24.5 Å². The zero-order valence-corrected chi connectivity index (χ0v) is 20.2. The Kier molecular flexibility index (Phi) is 9.36. The van der Waals surface area contributed by atoms with Crippen LogP contribution in [0.2, 0.25) is 0 Å². The van der Waals surface area contributed by atoms with E-state index in [9.17, 15) is 19.5 Å². The summed E-state index contributed by atoms with van der Waals surface area (Å²) in [6.45, 7) is 1.70. The summed E-state index contributed by atoms with van der Waals surface area (Å²) in [7, 11) is 2.01. The van der Waals surface area contributed by atoms with Crippen LogP contribution in [0.25, 0.3) is 11.1 Å². The van der Waals surface area contributed by atoms with Gasteiger partial charge in [-0.05, 0) is 62.2 Å². The molecule has 1 fully saturated rings. The first-order chi connectivity index (χ1) is 16.8. The van der Waals surface area contributed by atoms with Crippen LogP contribution in [-0.2, 0) is 9.59 Å². The molecule has 0 bridgehead atoms. The van der Waals surface area contributed by atoms with Gasteiger partial charge in [-0.1, -0.05) is 43.5 Å². The lowest BCUT2D eigenvalue weighted by atomic mass is 9.94. The molecule has 188 valence electrons. The van der Waals surface area contributed by atoms with Crippen LogP contribution in [0.5, 0.6) is 0 Å². The fourth-order valence-electron chi connectivity index (χ4n) is 4.34. The van der Waals surface area contributed by atoms with Crippen molar-refractivity contribution in [3.8, 4) is 11.1 Å². The summed E-state index contributed by atoms with van der Waals surface area (Å²) in [4.78, 5) is 38.6. The van der Waals surface area contributed by atoms with Crippen molar-refractivity contribution < 1.29 is 24.7 Å². The molecule has 1 aliphatic carbocycles. The van der Waals surface area contributed by atoms with Gasteiger partial charge in [0, 0.05) is 17.3 Å². The number of rotatable bonds is 9. The molecule has 35 heavy (non-hydrogen) atoms. The van der Waals surface area contributed by atoms with Crippen molar-refractivity contribution >= 4 is 23.4 Å². The molecule has 5 N–H and O–H groups in total. The van der Waals surface area contributed by atoms with Crippen LogP contribution >= 0.6 is 0 Å². The number of hydroxylamine groups is 1. The van der Waals surface area contributed by atoms with Gasteiger partial charge < -0.3 is 15.7 Å². The highest BCUT2D eigenvalue weighted by molar-refractivity contribution is 5.98. The number of benzene rings is 2. The van der Waals surface area contributed by atoms with Gasteiger partial charge in [-0.15, -0.1) is 0 Å². The van der Waals surface area contributed by atoms with Crippen LogP contribution in [0.3, 0.4) is 0 Å². The van der Waals surface area contributed by atoms with Gasteiger partial charge in [0.05, 0.1) is 12.6 Å². The van der Waals surface area contributed by atoms with Gasteiger partial charge >= 0.3 is 0 Å². The van der Waals surface area contributed by atoms with E-state index in [1.165, 1.54) is 31.7 Å². The van der Waals surface area contributed by atoms with Gasteiger partial charge in [-0.2, -0.15) is 0 Å². The van der Waals surface area contributed by atoms with Crippen LogP contribution in [-0.4, -0.2) is 64.7 Å². The summed E-state index contributed by atoms with van der Waals surface area (Å²) in [5, 5.41) is 23.8. The number of carbonyl (C=O) groups excluding carboxylic acids is 3. The highest BCUT2D eigenvalue weighted by Gasteiger charge is 2.25. The van der Waals surface area contributed by atoms with E-state index in [2.05, 4.69) is 15.5 Å². The maximum Gasteiger partial charge on any atom is 0.268 e. The molecule has 0 heterocycles. The zero-order valence-electron chi connectivity index (χ0n) is 20.2. The summed E-state index contributed by atoms with van der Waals surface area (Å²) in [6.07, 6.45) is 4.86. The predicted molar refractivity (Wildman–Crippen MR) is 133 cm³/mol. The van der Waals surface area contributed by atoms with E-state index in [4.69, 9.17) is 5.21 Å². The molecule has 0 spiro atoms. The van der Waals surface area contributed by atoms with E-state index in [1.807, 2.05) is 31.3 Å². The molecule has 0 radical (unpaired) electrons. The largest absolute Gasteiger partial charge is 0.391 e. The highest BCUT2D eigenvalue weighted by atomic mass is 16.5. The molecule has 2 aromatic rings. The minimum atomic E-state index is -1.28. The quantitative estimate of drug-likeness (QED) is 0.276. The number of hydrogen-bond acceptors (Lipinski definition) is 6. The fraction of sp³-hybridized carbons (Fsp3) is 0.423. The third kappa shape index (κ3) is 7.35. The second-order valence-electron chi connectivity index (χ2n) is 9.08. The standard InChI is InChI=1S/C26H34N4O5/c1-17(31)24(26(34)29-35)28-25(33)20-10-8-18(9-11-20)19-12-14-21(15-13-19)27-23(32)16-30(2)22-6-4-3-5-7-22/h8-15,17,22,24,31,35H,3-7,16H2,1-2H3,(H,27,32)(H,28,33)(H,29,34)/t17-,24+/m1/s1. The van der Waals surface area contributed by atoms with Crippen LogP contribution in [0, 0.1) is 0 Å². The fourth-order valence-corrected chi connectivity index (χ4v) is 4.34. The molecule has 9 nitrogen and oxygen atoms in total. The predicted octanol–water partition coefficient (Wildman–Crippen LogP) is 2.54. The molecule has 1 aliphatic rings. The molecule has 0 unspecified atom stereocenters. The molecule has 0 aromatic heterocycles. The first-order valence-corrected chi connectivity index (χ1v) is 11.9. The van der Waals surface area contributed by atoms with E-state index in [1.54, 1.807) is 24.3 Å². The van der Waals surface area contributed by atoms with Gasteiger partial charge in [0.15, 0.2) is 0 Å². The highest BCUT2D eigenvalue weighted by Crippen LogP contribution is 2.23. The third-order valence-corrected chi connectivity index (χ3v) is 6.40. The molecule has 3 rings (SSSR count). The SMILES string of the molecule is C[C@@H](O)[C@H](NC(=O)c1ccc(-c2ccc(NC(=O)CN(C)C3CCCCC3)cc2)cc1)C(=O)NO. The van der Waals surface area contributed by atoms with Crippen molar-refractivity contribution in [2.45, 2.75) is 57.2 Å². The molecule has 9 heteroatoms. The Hall–Kier alpha value is -3.27. The van der Waals surface area contributed by atoms with Crippen molar-refractivity contribution in [3.63, 3.8) is 0 Å². The number of carbonyl (C=O) groups is 3. The summed E-state index contributed by atoms with van der Waals surface area (Å²) >= 11 is 0. The van der Waals surface area contributed by atoms with Gasteiger partial charge in [-0.25, -0.2) is 5.48 Å². The summed E-state index contributed by atoms with van der Waals surface area (Å²) in [6, 6.07) is 13.4. The van der Waals surface area contributed by atoms with E-state index >= 15 is 0 Å². The number of nitrogens with zero attached hydrogens (tertiary/aromatic N) is 1. The van der Waals surface area contributed by atoms with Crippen LogP contribution in [0.15, 0.2) is 48.5 Å². The Morgan fingerprint density at radius 3 is 2.09 bits per heavy atom. The molecule has 0 aliphatic heterocycles. The van der Waals surface area contributed by atoms with E-state index < -0.39 is 24.0 Å². The lowest BCUT2D eigenvalue weighted by Crippen LogP contribution is -2.51. The number of likely N-dealkylation sites (N-methyl/N-ethyl adjacent to an activating group) is 1. The Labute approximate surface area is 205 Å². The van der Waals surface area contributed by atoms with Crippen LogP contribution < -0.4 is 16.1 Å². The Morgan fingerprint density at radius 2 is 1.54 bits per heavy atom. The summed E-state index contributed by atoms with van der Waals surface area (Å²) in [5.41, 5.74) is 4.24. The van der Waals surface area contributed by atoms with Crippen molar-refractivity contribution in [3.05, 3.63) is 54.1 Å². The normalized spacial score (nSPS) is 15.8. The van der Waals surface area contributed by atoms with Gasteiger partial charge in [0.1, 0.15) is 6.04 Å². The zero-order chi connectivity index (χ0) is 25.4. The molecule has 3 amide bonds. The molecule has 1 saturated carbocycles. The maximum absolute atomic E-state index is 12.5. The second kappa shape index (κ2) is 12.4. The van der Waals surface area contributed by atoms with Crippen LogP contribution in [0.4, 0.5) is 5.69 Å². The van der Waals surface area contributed by atoms with E-state index in [0.717, 1.165) is 29.7 Å². The molecule has 2 aromatic carbocycles. The topological polar surface area (TPSA) is 131 Å². The van der Waals surface area contributed by atoms with Crippen molar-refractivity contribution in [1.29, 1.82) is 0 Å². The number of aliphatic hydroxyl groups is 1. The third-order valence-electron chi connectivity index (χ3n) is 6.40.